The fourth-order valence-corrected chi connectivity index (χ4v) is 2.05. The standard InChI is InChI=1S/C12H8F2OS/c1-7-4-9(6-16-7)12(15)8-2-3-10(13)11(14)5-8/h2-6H,1H3. The number of aryl methyl sites for hydroxylation is 1. The van der Waals surface area contributed by atoms with Crippen molar-refractivity contribution in [2.45, 2.75) is 6.92 Å². The van der Waals surface area contributed by atoms with Crippen LogP contribution in [-0.4, -0.2) is 5.78 Å². The van der Waals surface area contributed by atoms with Gasteiger partial charge in [0, 0.05) is 21.4 Å². The van der Waals surface area contributed by atoms with Crippen LogP contribution in [0, 0.1) is 18.6 Å². The molecule has 2 rings (SSSR count). The highest BCUT2D eigenvalue weighted by atomic mass is 32.1. The van der Waals surface area contributed by atoms with Crippen LogP contribution in [0.4, 0.5) is 8.78 Å². The van der Waals surface area contributed by atoms with E-state index in [-0.39, 0.29) is 11.3 Å². The van der Waals surface area contributed by atoms with E-state index in [1.807, 2.05) is 6.92 Å². The topological polar surface area (TPSA) is 17.1 Å². The largest absolute Gasteiger partial charge is 0.289 e. The van der Waals surface area contributed by atoms with Crippen molar-refractivity contribution >= 4 is 17.1 Å². The van der Waals surface area contributed by atoms with E-state index in [4.69, 9.17) is 0 Å². The van der Waals surface area contributed by atoms with Crippen LogP contribution in [0.5, 0.6) is 0 Å². The molecule has 0 saturated heterocycles. The third-order valence-corrected chi connectivity index (χ3v) is 3.04. The summed E-state index contributed by atoms with van der Waals surface area (Å²) in [7, 11) is 0. The van der Waals surface area contributed by atoms with Gasteiger partial charge in [0.15, 0.2) is 17.4 Å². The number of ketones is 1. The van der Waals surface area contributed by atoms with E-state index in [0.717, 1.165) is 17.0 Å². The number of halogens is 2. The fraction of sp³-hybridized carbons (Fsp3) is 0.0833. The van der Waals surface area contributed by atoms with E-state index in [9.17, 15) is 13.6 Å². The molecule has 0 aliphatic rings. The van der Waals surface area contributed by atoms with Gasteiger partial charge in [0.05, 0.1) is 0 Å². The van der Waals surface area contributed by atoms with Crippen molar-refractivity contribution in [2.24, 2.45) is 0 Å². The predicted octanol–water partition coefficient (Wildman–Crippen LogP) is 3.57. The molecular formula is C12H8F2OS. The van der Waals surface area contributed by atoms with Crippen LogP contribution in [-0.2, 0) is 0 Å². The van der Waals surface area contributed by atoms with Crippen molar-refractivity contribution in [1.82, 2.24) is 0 Å². The molecule has 1 nitrogen and oxygen atoms in total. The molecule has 0 aliphatic heterocycles. The summed E-state index contributed by atoms with van der Waals surface area (Å²) >= 11 is 1.45. The molecule has 16 heavy (non-hydrogen) atoms. The zero-order valence-corrected chi connectivity index (χ0v) is 9.28. The lowest BCUT2D eigenvalue weighted by molar-refractivity contribution is 0.103. The van der Waals surface area contributed by atoms with E-state index in [2.05, 4.69) is 0 Å². The first-order chi connectivity index (χ1) is 7.58. The van der Waals surface area contributed by atoms with Gasteiger partial charge in [-0.3, -0.25) is 4.79 Å². The van der Waals surface area contributed by atoms with Gasteiger partial charge in [-0.15, -0.1) is 11.3 Å². The van der Waals surface area contributed by atoms with E-state index in [1.165, 1.54) is 17.4 Å². The number of carbonyl (C=O) groups is 1. The van der Waals surface area contributed by atoms with Crippen LogP contribution in [0.1, 0.15) is 20.8 Å². The summed E-state index contributed by atoms with van der Waals surface area (Å²) in [5.74, 6) is -2.24. The molecular weight excluding hydrogens is 230 g/mol. The highest BCUT2D eigenvalue weighted by molar-refractivity contribution is 7.10. The van der Waals surface area contributed by atoms with Crippen molar-refractivity contribution in [2.75, 3.05) is 0 Å². The molecule has 0 fully saturated rings. The second kappa shape index (κ2) is 4.14. The third kappa shape index (κ3) is 2.02. The minimum atomic E-state index is -1.00. The maximum atomic E-state index is 12.9. The number of thiophene rings is 1. The zero-order chi connectivity index (χ0) is 11.7. The molecule has 0 atom stereocenters. The van der Waals surface area contributed by atoms with Crippen LogP contribution in [0.2, 0.25) is 0 Å². The average molecular weight is 238 g/mol. The minimum Gasteiger partial charge on any atom is -0.289 e. The molecule has 0 spiro atoms. The zero-order valence-electron chi connectivity index (χ0n) is 8.46. The molecule has 0 amide bonds. The van der Waals surface area contributed by atoms with E-state index < -0.39 is 11.6 Å². The summed E-state index contributed by atoms with van der Waals surface area (Å²) in [5, 5.41) is 1.71. The van der Waals surface area contributed by atoms with Crippen LogP contribution in [0.3, 0.4) is 0 Å². The second-order valence-electron chi connectivity index (χ2n) is 3.40. The maximum absolute atomic E-state index is 12.9. The molecule has 1 heterocycles. The van der Waals surface area contributed by atoms with E-state index in [0.29, 0.717) is 5.56 Å². The summed E-state index contributed by atoms with van der Waals surface area (Å²) in [5.41, 5.74) is 0.671. The number of carbonyl (C=O) groups excluding carboxylic acids is 1. The Hall–Kier alpha value is -1.55. The van der Waals surface area contributed by atoms with Gasteiger partial charge in [-0.2, -0.15) is 0 Å². The first kappa shape index (κ1) is 11.0. The van der Waals surface area contributed by atoms with Crippen LogP contribution < -0.4 is 0 Å². The monoisotopic (exact) mass is 238 g/mol. The Morgan fingerprint density at radius 2 is 1.88 bits per heavy atom. The fourth-order valence-electron chi connectivity index (χ4n) is 1.37. The lowest BCUT2D eigenvalue weighted by Gasteiger charge is -1.99. The normalized spacial score (nSPS) is 10.4. The number of benzene rings is 1. The highest BCUT2D eigenvalue weighted by Gasteiger charge is 2.12. The Morgan fingerprint density at radius 1 is 1.12 bits per heavy atom. The number of rotatable bonds is 2. The number of hydrogen-bond acceptors (Lipinski definition) is 2. The summed E-state index contributed by atoms with van der Waals surface area (Å²) in [6, 6.07) is 4.90. The third-order valence-electron chi connectivity index (χ3n) is 2.17. The van der Waals surface area contributed by atoms with Gasteiger partial charge in [-0.05, 0) is 31.2 Å². The predicted molar refractivity (Wildman–Crippen MR) is 58.8 cm³/mol. The van der Waals surface area contributed by atoms with Crippen molar-refractivity contribution < 1.29 is 13.6 Å². The van der Waals surface area contributed by atoms with Gasteiger partial charge in [-0.25, -0.2) is 8.78 Å². The molecule has 0 aliphatic carbocycles. The highest BCUT2D eigenvalue weighted by Crippen LogP contribution is 2.18. The minimum absolute atomic E-state index is 0.164. The van der Waals surface area contributed by atoms with Crippen LogP contribution in [0.25, 0.3) is 0 Å². The average Bonchev–Trinajstić information content (AvgIpc) is 2.68. The SMILES string of the molecule is Cc1cc(C(=O)c2ccc(F)c(F)c2)cs1. The van der Waals surface area contributed by atoms with Gasteiger partial charge in [0.2, 0.25) is 0 Å². The summed E-state index contributed by atoms with van der Waals surface area (Å²) < 4.78 is 25.6. The van der Waals surface area contributed by atoms with Gasteiger partial charge >= 0.3 is 0 Å². The maximum Gasteiger partial charge on any atom is 0.193 e. The molecule has 0 N–H and O–H groups in total. The van der Waals surface area contributed by atoms with Crippen molar-refractivity contribution in [3.8, 4) is 0 Å². The molecule has 1 aromatic heterocycles. The Labute approximate surface area is 95.4 Å². The quantitative estimate of drug-likeness (QED) is 0.731. The molecule has 2 aromatic rings. The first-order valence-corrected chi connectivity index (χ1v) is 5.51. The molecule has 1 aromatic carbocycles. The molecule has 0 unspecified atom stereocenters. The second-order valence-corrected chi connectivity index (χ2v) is 4.52. The molecule has 82 valence electrons. The Morgan fingerprint density at radius 3 is 2.44 bits per heavy atom. The van der Waals surface area contributed by atoms with Crippen LogP contribution in [0.15, 0.2) is 29.6 Å². The number of hydrogen-bond donors (Lipinski definition) is 0. The lowest BCUT2D eigenvalue weighted by atomic mass is 10.1. The van der Waals surface area contributed by atoms with Crippen molar-refractivity contribution in [3.05, 3.63) is 57.3 Å². The van der Waals surface area contributed by atoms with E-state index in [1.54, 1.807) is 11.4 Å². The van der Waals surface area contributed by atoms with Gasteiger partial charge in [0.25, 0.3) is 0 Å². The lowest BCUT2D eigenvalue weighted by Crippen LogP contribution is -2.00. The molecule has 0 saturated carbocycles. The smallest absolute Gasteiger partial charge is 0.193 e. The Kier molecular flexibility index (Phi) is 2.83. The van der Waals surface area contributed by atoms with Gasteiger partial charge < -0.3 is 0 Å². The Balaban J connectivity index is 2.38. The first-order valence-electron chi connectivity index (χ1n) is 4.63. The molecule has 0 bridgehead atoms. The molecule has 4 heteroatoms. The van der Waals surface area contributed by atoms with Crippen molar-refractivity contribution in [3.63, 3.8) is 0 Å². The van der Waals surface area contributed by atoms with Gasteiger partial charge in [-0.1, -0.05) is 0 Å². The molecule has 0 radical (unpaired) electrons. The summed E-state index contributed by atoms with van der Waals surface area (Å²) in [6.45, 7) is 1.88. The van der Waals surface area contributed by atoms with Gasteiger partial charge in [0.1, 0.15) is 0 Å². The summed E-state index contributed by atoms with van der Waals surface area (Å²) in [4.78, 5) is 12.8. The van der Waals surface area contributed by atoms with Crippen LogP contribution >= 0.6 is 11.3 Å². The van der Waals surface area contributed by atoms with Crippen molar-refractivity contribution in [1.29, 1.82) is 0 Å². The summed E-state index contributed by atoms with van der Waals surface area (Å²) in [6.07, 6.45) is 0. The van der Waals surface area contributed by atoms with E-state index >= 15 is 0 Å². The Bertz CT molecular complexity index is 546.